The van der Waals surface area contributed by atoms with Crippen molar-refractivity contribution < 1.29 is 5.11 Å². The number of phenolic OH excluding ortho intramolecular Hbond substituents is 1. The van der Waals surface area contributed by atoms with Crippen molar-refractivity contribution in [1.82, 2.24) is 4.90 Å². The van der Waals surface area contributed by atoms with Crippen LogP contribution in [0.3, 0.4) is 0 Å². The number of phenols is 1. The normalized spacial score (nSPS) is 16.8. The third kappa shape index (κ3) is 4.57. The summed E-state index contributed by atoms with van der Waals surface area (Å²) in [5.41, 5.74) is 4.15. The van der Waals surface area contributed by atoms with Gasteiger partial charge in [0.15, 0.2) is 5.84 Å². The second-order valence-corrected chi connectivity index (χ2v) is 7.09. The highest BCUT2D eigenvalue weighted by molar-refractivity contribution is 6.10. The molecular formula is C23H29N3O. The molecule has 1 heterocycles. The minimum atomic E-state index is 0.215. The Bertz CT molecular complexity index is 843. The first kappa shape index (κ1) is 19.2. The Balaban J connectivity index is 2.09. The fourth-order valence-corrected chi connectivity index (χ4v) is 3.31. The van der Waals surface area contributed by atoms with E-state index in [2.05, 4.69) is 43.9 Å². The number of fused-ring (bicyclic) bond motifs is 1. The van der Waals surface area contributed by atoms with Crippen molar-refractivity contribution in [2.24, 2.45) is 9.98 Å². The average molecular weight is 364 g/mol. The first-order valence-electron chi connectivity index (χ1n) is 9.88. The van der Waals surface area contributed by atoms with Crippen LogP contribution >= 0.6 is 0 Å². The van der Waals surface area contributed by atoms with Gasteiger partial charge in [-0.1, -0.05) is 49.3 Å². The third-order valence-electron chi connectivity index (χ3n) is 5.00. The monoisotopic (exact) mass is 363 g/mol. The van der Waals surface area contributed by atoms with Crippen LogP contribution in [0, 0.1) is 0 Å². The molecule has 0 aromatic heterocycles. The summed E-state index contributed by atoms with van der Waals surface area (Å²) in [6.45, 7) is 8.42. The zero-order valence-corrected chi connectivity index (χ0v) is 16.6. The van der Waals surface area contributed by atoms with Gasteiger partial charge in [-0.05, 0) is 44.4 Å². The van der Waals surface area contributed by atoms with Gasteiger partial charge in [-0.25, -0.2) is 9.98 Å². The topological polar surface area (TPSA) is 48.2 Å². The quantitative estimate of drug-likeness (QED) is 0.779. The second-order valence-electron chi connectivity index (χ2n) is 7.09. The molecule has 4 heteroatoms. The van der Waals surface area contributed by atoms with Gasteiger partial charge in [0.2, 0.25) is 0 Å². The average Bonchev–Trinajstić information content (AvgIpc) is 2.95. The van der Waals surface area contributed by atoms with Crippen LogP contribution in [-0.4, -0.2) is 34.8 Å². The molecule has 3 rings (SSSR count). The van der Waals surface area contributed by atoms with E-state index in [4.69, 9.17) is 9.98 Å². The lowest BCUT2D eigenvalue weighted by Crippen LogP contribution is -2.32. The molecule has 0 amide bonds. The first-order chi connectivity index (χ1) is 13.1. The number of aromatic hydroxyl groups is 1. The number of allylic oxidation sites excluding steroid dienone is 5. The summed E-state index contributed by atoms with van der Waals surface area (Å²) in [5.74, 6) is 1.83. The van der Waals surface area contributed by atoms with Crippen LogP contribution in [0.1, 0.15) is 52.0 Å². The lowest BCUT2D eigenvalue weighted by molar-refractivity contribution is 0.422. The van der Waals surface area contributed by atoms with Gasteiger partial charge in [0.25, 0.3) is 0 Å². The maximum Gasteiger partial charge on any atom is 0.165 e. The van der Waals surface area contributed by atoms with E-state index in [9.17, 15) is 5.11 Å². The zero-order chi connectivity index (χ0) is 19.2. The van der Waals surface area contributed by atoms with Crippen molar-refractivity contribution in [3.63, 3.8) is 0 Å². The summed E-state index contributed by atoms with van der Waals surface area (Å²) < 4.78 is 0. The van der Waals surface area contributed by atoms with Crippen molar-refractivity contribution in [2.45, 2.75) is 46.5 Å². The highest BCUT2D eigenvalue weighted by Gasteiger charge is 2.21. The number of para-hydroxylation sites is 1. The SMILES string of the molecule is CCCCN(CC)C1=NC(c2ccccc2O)=NC2=CCC(C)=CC=C2C1. The molecule has 1 aromatic rings. The molecule has 1 aliphatic carbocycles. The molecule has 0 unspecified atom stereocenters. The summed E-state index contributed by atoms with van der Waals surface area (Å²) in [7, 11) is 0. The van der Waals surface area contributed by atoms with Crippen LogP contribution in [-0.2, 0) is 0 Å². The Hall–Kier alpha value is -2.62. The maximum atomic E-state index is 10.4. The van der Waals surface area contributed by atoms with E-state index >= 15 is 0 Å². The van der Waals surface area contributed by atoms with Crippen molar-refractivity contribution in [3.05, 3.63) is 64.9 Å². The summed E-state index contributed by atoms with van der Waals surface area (Å²) in [6.07, 6.45) is 10.5. The summed E-state index contributed by atoms with van der Waals surface area (Å²) in [6, 6.07) is 7.31. The molecule has 27 heavy (non-hydrogen) atoms. The van der Waals surface area contributed by atoms with Crippen molar-refractivity contribution in [3.8, 4) is 5.75 Å². The van der Waals surface area contributed by atoms with E-state index in [1.54, 1.807) is 6.07 Å². The van der Waals surface area contributed by atoms with Crippen LogP contribution in [0.15, 0.2) is 69.3 Å². The summed E-state index contributed by atoms with van der Waals surface area (Å²) >= 11 is 0. The molecule has 0 saturated heterocycles. The number of hydrogen-bond acceptors (Lipinski definition) is 4. The van der Waals surface area contributed by atoms with Crippen LogP contribution in [0.2, 0.25) is 0 Å². The molecule has 1 aliphatic heterocycles. The van der Waals surface area contributed by atoms with Gasteiger partial charge in [-0.3, -0.25) is 0 Å². The van der Waals surface area contributed by atoms with Gasteiger partial charge in [0, 0.05) is 19.5 Å². The standard InChI is InChI=1S/C23H29N3O/c1-4-6-15-26(5-2)22-16-18-13-11-17(3)12-14-20(18)24-23(25-22)19-9-7-8-10-21(19)27/h7-11,13-14,27H,4-6,12,15-16H2,1-3H3. The number of aliphatic imine (C=N–C) groups is 2. The molecular weight excluding hydrogens is 334 g/mol. The Kier molecular flexibility index (Phi) is 6.28. The highest BCUT2D eigenvalue weighted by Crippen LogP contribution is 2.28. The van der Waals surface area contributed by atoms with Gasteiger partial charge in [0.1, 0.15) is 11.6 Å². The largest absolute Gasteiger partial charge is 0.507 e. The fraction of sp³-hybridized carbons (Fsp3) is 0.391. The summed E-state index contributed by atoms with van der Waals surface area (Å²) in [5, 5.41) is 10.4. The Morgan fingerprint density at radius 2 is 1.93 bits per heavy atom. The molecule has 0 radical (unpaired) electrons. The smallest absolute Gasteiger partial charge is 0.165 e. The maximum absolute atomic E-state index is 10.4. The van der Waals surface area contributed by atoms with Gasteiger partial charge >= 0.3 is 0 Å². The van der Waals surface area contributed by atoms with E-state index in [-0.39, 0.29) is 5.75 Å². The van der Waals surface area contributed by atoms with Crippen LogP contribution in [0.25, 0.3) is 0 Å². The lowest BCUT2D eigenvalue weighted by Gasteiger charge is -2.24. The van der Waals surface area contributed by atoms with Crippen LogP contribution in [0.5, 0.6) is 5.75 Å². The Morgan fingerprint density at radius 1 is 1.11 bits per heavy atom. The molecule has 1 N–H and O–H groups in total. The molecule has 0 bridgehead atoms. The molecule has 0 saturated carbocycles. The van der Waals surface area contributed by atoms with E-state index in [1.807, 2.05) is 18.2 Å². The zero-order valence-electron chi connectivity index (χ0n) is 16.6. The first-order valence-corrected chi connectivity index (χ1v) is 9.88. The Labute approximate surface area is 162 Å². The molecule has 0 fully saturated rings. The molecule has 0 atom stereocenters. The number of rotatable bonds is 5. The van der Waals surface area contributed by atoms with E-state index < -0.39 is 0 Å². The van der Waals surface area contributed by atoms with Crippen molar-refractivity contribution >= 4 is 11.7 Å². The van der Waals surface area contributed by atoms with Crippen LogP contribution in [0.4, 0.5) is 0 Å². The minimum absolute atomic E-state index is 0.215. The third-order valence-corrected chi connectivity index (χ3v) is 5.00. The molecule has 2 aliphatic rings. The van der Waals surface area contributed by atoms with E-state index in [1.165, 1.54) is 11.1 Å². The number of amidine groups is 2. The Morgan fingerprint density at radius 3 is 2.67 bits per heavy atom. The number of benzene rings is 1. The van der Waals surface area contributed by atoms with Gasteiger partial charge < -0.3 is 10.0 Å². The number of hydrogen-bond donors (Lipinski definition) is 1. The van der Waals surface area contributed by atoms with Gasteiger partial charge in [-0.2, -0.15) is 0 Å². The van der Waals surface area contributed by atoms with Gasteiger partial charge in [0.05, 0.1) is 11.3 Å². The molecule has 0 spiro atoms. The molecule has 1 aromatic carbocycles. The fourth-order valence-electron chi connectivity index (χ4n) is 3.31. The summed E-state index contributed by atoms with van der Waals surface area (Å²) in [4.78, 5) is 12.1. The number of unbranched alkanes of at least 4 members (excludes halogenated alkanes) is 1. The van der Waals surface area contributed by atoms with Crippen molar-refractivity contribution in [2.75, 3.05) is 13.1 Å². The number of nitrogens with zero attached hydrogens (tertiary/aromatic N) is 3. The van der Waals surface area contributed by atoms with Gasteiger partial charge in [-0.15, -0.1) is 0 Å². The molecule has 4 nitrogen and oxygen atoms in total. The predicted molar refractivity (Wildman–Crippen MR) is 113 cm³/mol. The second kappa shape index (κ2) is 8.85. The van der Waals surface area contributed by atoms with E-state index in [0.717, 1.165) is 50.3 Å². The lowest BCUT2D eigenvalue weighted by atomic mass is 10.1. The minimum Gasteiger partial charge on any atom is -0.507 e. The molecule has 142 valence electrons. The predicted octanol–water partition coefficient (Wildman–Crippen LogP) is 5.22. The van der Waals surface area contributed by atoms with Crippen LogP contribution < -0.4 is 0 Å². The van der Waals surface area contributed by atoms with E-state index in [0.29, 0.717) is 11.4 Å². The highest BCUT2D eigenvalue weighted by atomic mass is 16.3. The van der Waals surface area contributed by atoms with Crippen molar-refractivity contribution in [1.29, 1.82) is 0 Å².